The highest BCUT2D eigenvalue weighted by atomic mass is 16.6. The Morgan fingerprint density at radius 3 is 2.60 bits per heavy atom. The van der Waals surface area contributed by atoms with E-state index in [1.165, 1.54) is 6.07 Å². The molecule has 2 heterocycles. The van der Waals surface area contributed by atoms with Crippen LogP contribution in [0.5, 0.6) is 17.2 Å². The van der Waals surface area contributed by atoms with Crippen LogP contribution in [0.4, 0.5) is 5.69 Å². The Bertz CT molecular complexity index is 1110. The monoisotopic (exact) mass is 407 g/mol. The highest BCUT2D eigenvalue weighted by Gasteiger charge is 2.14. The van der Waals surface area contributed by atoms with Crippen molar-refractivity contribution in [3.8, 4) is 28.5 Å². The van der Waals surface area contributed by atoms with E-state index in [9.17, 15) is 9.59 Å². The minimum absolute atomic E-state index is 0.210. The van der Waals surface area contributed by atoms with Crippen LogP contribution < -0.4 is 25.1 Å². The largest absolute Gasteiger partial charge is 0.494 e. The van der Waals surface area contributed by atoms with Crippen LogP contribution in [-0.2, 0) is 11.3 Å². The molecule has 154 valence electrons. The first-order valence-corrected chi connectivity index (χ1v) is 9.63. The van der Waals surface area contributed by atoms with E-state index in [0.29, 0.717) is 42.7 Å². The van der Waals surface area contributed by atoms with Crippen LogP contribution in [0, 0.1) is 0 Å². The molecule has 1 aliphatic heterocycles. The zero-order chi connectivity index (χ0) is 20.9. The van der Waals surface area contributed by atoms with E-state index in [2.05, 4.69) is 10.4 Å². The summed E-state index contributed by atoms with van der Waals surface area (Å²) in [6.07, 6.45) is 0. The molecule has 0 fully saturated rings. The third-order valence-electron chi connectivity index (χ3n) is 4.45. The molecule has 8 heteroatoms. The first kappa shape index (κ1) is 19.5. The Balaban J connectivity index is 1.48. The molecule has 4 rings (SSSR count). The molecule has 1 aromatic heterocycles. The van der Waals surface area contributed by atoms with Crippen molar-refractivity contribution < 1.29 is 19.0 Å². The summed E-state index contributed by atoms with van der Waals surface area (Å²) in [6.45, 7) is 3.25. The van der Waals surface area contributed by atoms with Crippen LogP contribution in [0.25, 0.3) is 11.3 Å². The lowest BCUT2D eigenvalue weighted by Crippen LogP contribution is -2.29. The summed E-state index contributed by atoms with van der Waals surface area (Å²) in [5, 5.41) is 7.09. The van der Waals surface area contributed by atoms with Crippen LogP contribution in [0.3, 0.4) is 0 Å². The van der Waals surface area contributed by atoms with E-state index in [-0.39, 0.29) is 18.0 Å². The minimum Gasteiger partial charge on any atom is -0.494 e. The molecular weight excluding hydrogens is 386 g/mol. The van der Waals surface area contributed by atoms with Gasteiger partial charge in [0.05, 0.1) is 12.3 Å². The molecule has 0 radical (unpaired) electrons. The van der Waals surface area contributed by atoms with Crippen molar-refractivity contribution in [2.24, 2.45) is 0 Å². The maximum absolute atomic E-state index is 12.5. The van der Waals surface area contributed by atoms with Gasteiger partial charge in [0.1, 0.15) is 25.5 Å². The van der Waals surface area contributed by atoms with Gasteiger partial charge in [0, 0.05) is 23.4 Å². The second-order valence-electron chi connectivity index (χ2n) is 6.58. The molecule has 0 spiro atoms. The van der Waals surface area contributed by atoms with Gasteiger partial charge in [-0.1, -0.05) is 0 Å². The zero-order valence-electron chi connectivity index (χ0n) is 16.5. The number of ether oxygens (including phenoxy) is 3. The summed E-state index contributed by atoms with van der Waals surface area (Å²) in [5.41, 5.74) is 1.60. The van der Waals surface area contributed by atoms with Gasteiger partial charge in [0.15, 0.2) is 11.5 Å². The first-order valence-electron chi connectivity index (χ1n) is 9.63. The lowest BCUT2D eigenvalue weighted by Gasteiger charge is -2.19. The Morgan fingerprint density at radius 2 is 1.83 bits per heavy atom. The first-order chi connectivity index (χ1) is 14.6. The van der Waals surface area contributed by atoms with Gasteiger partial charge in [0.2, 0.25) is 5.91 Å². The quantitative estimate of drug-likeness (QED) is 0.676. The molecule has 0 atom stereocenters. The number of fused-ring (bicyclic) bond motifs is 1. The van der Waals surface area contributed by atoms with Crippen molar-refractivity contribution >= 4 is 11.6 Å². The van der Waals surface area contributed by atoms with Crippen molar-refractivity contribution in [3.63, 3.8) is 0 Å². The summed E-state index contributed by atoms with van der Waals surface area (Å²) in [5.74, 6) is 1.60. The lowest BCUT2D eigenvalue weighted by molar-refractivity contribution is -0.117. The average molecular weight is 407 g/mol. The molecule has 0 bridgehead atoms. The van der Waals surface area contributed by atoms with Crippen LogP contribution in [0.15, 0.2) is 59.4 Å². The second kappa shape index (κ2) is 8.69. The van der Waals surface area contributed by atoms with Crippen molar-refractivity contribution in [2.75, 3.05) is 25.1 Å². The molecule has 30 heavy (non-hydrogen) atoms. The number of aromatic nitrogens is 2. The predicted molar refractivity (Wildman–Crippen MR) is 111 cm³/mol. The molecule has 1 aliphatic rings. The topological polar surface area (TPSA) is 91.7 Å². The Kier molecular flexibility index (Phi) is 5.65. The number of rotatable bonds is 6. The fourth-order valence-corrected chi connectivity index (χ4v) is 3.06. The Morgan fingerprint density at radius 1 is 1.07 bits per heavy atom. The molecule has 0 saturated carbocycles. The number of anilines is 1. The number of nitrogens with one attached hydrogen (secondary N) is 1. The summed E-state index contributed by atoms with van der Waals surface area (Å²) >= 11 is 0. The smallest absolute Gasteiger partial charge is 0.267 e. The van der Waals surface area contributed by atoms with Crippen LogP contribution >= 0.6 is 0 Å². The highest BCUT2D eigenvalue weighted by Crippen LogP contribution is 2.32. The normalized spacial score (nSPS) is 12.3. The van der Waals surface area contributed by atoms with Crippen LogP contribution in [0.2, 0.25) is 0 Å². The fraction of sp³-hybridized carbons (Fsp3) is 0.227. The van der Waals surface area contributed by atoms with Gasteiger partial charge in [-0.3, -0.25) is 9.59 Å². The SMILES string of the molecule is CCOc1ccc(-c2ccc(=O)n(CC(=O)Nc3ccc4c(c3)OCCO4)n2)cc1. The van der Waals surface area contributed by atoms with E-state index in [1.54, 1.807) is 24.3 Å². The number of carbonyl (C=O) groups excluding carboxylic acids is 1. The van der Waals surface area contributed by atoms with Crippen LogP contribution in [-0.4, -0.2) is 35.5 Å². The molecular formula is C22H21N3O5. The molecule has 8 nitrogen and oxygen atoms in total. The maximum Gasteiger partial charge on any atom is 0.267 e. The van der Waals surface area contributed by atoms with Gasteiger partial charge in [-0.25, -0.2) is 4.68 Å². The number of hydrogen-bond donors (Lipinski definition) is 1. The highest BCUT2D eigenvalue weighted by molar-refractivity contribution is 5.90. The molecule has 0 unspecified atom stereocenters. The third kappa shape index (κ3) is 4.43. The average Bonchev–Trinajstić information content (AvgIpc) is 2.76. The van der Waals surface area contributed by atoms with Gasteiger partial charge >= 0.3 is 0 Å². The number of amides is 1. The molecule has 2 aromatic carbocycles. The Hall–Kier alpha value is -3.81. The summed E-state index contributed by atoms with van der Waals surface area (Å²) in [7, 11) is 0. The number of nitrogens with zero attached hydrogens (tertiary/aromatic N) is 2. The summed E-state index contributed by atoms with van der Waals surface area (Å²) in [6, 6.07) is 15.6. The fourth-order valence-electron chi connectivity index (χ4n) is 3.06. The van der Waals surface area contributed by atoms with E-state index >= 15 is 0 Å². The van der Waals surface area contributed by atoms with Gasteiger partial charge < -0.3 is 19.5 Å². The molecule has 1 amide bonds. The van der Waals surface area contributed by atoms with Gasteiger partial charge in [-0.05, 0) is 49.4 Å². The summed E-state index contributed by atoms with van der Waals surface area (Å²) in [4.78, 5) is 24.7. The number of benzene rings is 2. The van der Waals surface area contributed by atoms with E-state index in [4.69, 9.17) is 14.2 Å². The lowest BCUT2D eigenvalue weighted by atomic mass is 10.1. The van der Waals surface area contributed by atoms with Crippen molar-refractivity contribution in [1.29, 1.82) is 0 Å². The van der Waals surface area contributed by atoms with Crippen molar-refractivity contribution in [1.82, 2.24) is 9.78 Å². The molecule has 0 saturated heterocycles. The van der Waals surface area contributed by atoms with Crippen molar-refractivity contribution in [2.45, 2.75) is 13.5 Å². The van der Waals surface area contributed by atoms with E-state index in [1.807, 2.05) is 31.2 Å². The molecule has 3 aromatic rings. The number of hydrogen-bond acceptors (Lipinski definition) is 6. The van der Waals surface area contributed by atoms with Crippen LogP contribution in [0.1, 0.15) is 6.92 Å². The third-order valence-corrected chi connectivity index (χ3v) is 4.45. The minimum atomic E-state index is -0.370. The van der Waals surface area contributed by atoms with E-state index in [0.717, 1.165) is 16.0 Å². The van der Waals surface area contributed by atoms with Gasteiger partial charge in [-0.15, -0.1) is 0 Å². The summed E-state index contributed by atoms with van der Waals surface area (Å²) < 4.78 is 17.6. The van der Waals surface area contributed by atoms with E-state index < -0.39 is 0 Å². The standard InChI is InChI=1S/C22H21N3O5/c1-2-28-17-6-3-15(4-7-17)18-8-10-22(27)25(24-18)14-21(26)23-16-5-9-19-20(13-16)30-12-11-29-19/h3-10,13H,2,11-12,14H2,1H3,(H,23,26). The second-order valence-corrected chi connectivity index (χ2v) is 6.58. The Labute approximate surface area is 173 Å². The van der Waals surface area contributed by atoms with Gasteiger partial charge in [-0.2, -0.15) is 5.10 Å². The molecule has 0 aliphatic carbocycles. The predicted octanol–water partition coefficient (Wildman–Crippen LogP) is 2.72. The van der Waals surface area contributed by atoms with Gasteiger partial charge in [0.25, 0.3) is 5.56 Å². The maximum atomic E-state index is 12.5. The van der Waals surface area contributed by atoms with Crippen molar-refractivity contribution in [3.05, 3.63) is 65.0 Å². The molecule has 1 N–H and O–H groups in total. The zero-order valence-corrected chi connectivity index (χ0v) is 16.5. The number of carbonyl (C=O) groups is 1.